The number of aromatic nitrogens is 2. The average Bonchev–Trinajstić information content (AvgIpc) is 2.42. The Hall–Kier alpha value is -1.33. The summed E-state index contributed by atoms with van der Waals surface area (Å²) in [6.45, 7) is 0. The van der Waals surface area contributed by atoms with Crippen LogP contribution in [0.25, 0.3) is 10.9 Å². The van der Waals surface area contributed by atoms with Gasteiger partial charge in [-0.25, -0.2) is 0 Å². The molecule has 0 radical (unpaired) electrons. The van der Waals surface area contributed by atoms with Crippen molar-refractivity contribution >= 4 is 39.8 Å². The van der Waals surface area contributed by atoms with Gasteiger partial charge in [-0.2, -0.15) is 5.10 Å². The van der Waals surface area contributed by atoms with E-state index in [1.165, 1.54) is 16.8 Å². The number of fused-ring (bicyclic) bond motifs is 1. The van der Waals surface area contributed by atoms with Crippen molar-refractivity contribution in [1.29, 1.82) is 0 Å². The molecule has 7 heteroatoms. The third-order valence-corrected chi connectivity index (χ3v) is 2.61. The molecule has 0 unspecified atom stereocenters. The standard InChI is InChI=1S/C8H5Cl2N3O2/c1-12-7-5(8(10)11-12)2-4(13(14)15)3-6(7)9/h2-3H,1H3. The van der Waals surface area contributed by atoms with Gasteiger partial charge in [-0.05, 0) is 0 Å². The van der Waals surface area contributed by atoms with Crippen molar-refractivity contribution in [2.45, 2.75) is 0 Å². The molecule has 1 aromatic heterocycles. The van der Waals surface area contributed by atoms with E-state index >= 15 is 0 Å². The molecular weight excluding hydrogens is 241 g/mol. The minimum Gasteiger partial charge on any atom is -0.265 e. The first-order valence-corrected chi connectivity index (χ1v) is 4.72. The minimum absolute atomic E-state index is 0.0950. The Balaban J connectivity index is 2.87. The van der Waals surface area contributed by atoms with Gasteiger partial charge in [-0.3, -0.25) is 14.8 Å². The van der Waals surface area contributed by atoms with Crippen LogP contribution in [0, 0.1) is 10.1 Å². The number of nitrogens with zero attached hydrogens (tertiary/aromatic N) is 3. The van der Waals surface area contributed by atoms with Crippen molar-refractivity contribution in [3.05, 3.63) is 32.4 Å². The van der Waals surface area contributed by atoms with Gasteiger partial charge in [0.15, 0.2) is 5.15 Å². The van der Waals surface area contributed by atoms with Crippen LogP contribution in [-0.4, -0.2) is 14.7 Å². The second kappa shape index (κ2) is 3.36. The Morgan fingerprint density at radius 3 is 2.73 bits per heavy atom. The molecule has 2 aromatic rings. The number of halogens is 2. The van der Waals surface area contributed by atoms with E-state index < -0.39 is 4.92 Å². The summed E-state index contributed by atoms with van der Waals surface area (Å²) in [7, 11) is 1.67. The van der Waals surface area contributed by atoms with Crippen molar-refractivity contribution in [3.63, 3.8) is 0 Å². The molecule has 0 aliphatic carbocycles. The molecule has 0 amide bonds. The van der Waals surface area contributed by atoms with Crippen molar-refractivity contribution < 1.29 is 4.92 Å². The molecule has 78 valence electrons. The number of hydrogen-bond acceptors (Lipinski definition) is 3. The summed E-state index contributed by atoms with van der Waals surface area (Å²) < 4.78 is 1.49. The molecule has 0 fully saturated rings. The lowest BCUT2D eigenvalue weighted by molar-refractivity contribution is -0.384. The van der Waals surface area contributed by atoms with Crippen molar-refractivity contribution in [2.75, 3.05) is 0 Å². The third kappa shape index (κ3) is 1.53. The van der Waals surface area contributed by atoms with Crippen LogP contribution in [0.4, 0.5) is 5.69 Å². The van der Waals surface area contributed by atoms with Crippen LogP contribution >= 0.6 is 23.2 Å². The first-order chi connectivity index (χ1) is 7.00. The van der Waals surface area contributed by atoms with E-state index in [0.717, 1.165) is 0 Å². The monoisotopic (exact) mass is 245 g/mol. The topological polar surface area (TPSA) is 61.0 Å². The minimum atomic E-state index is -0.519. The van der Waals surface area contributed by atoms with E-state index in [1.54, 1.807) is 7.05 Å². The highest BCUT2D eigenvalue weighted by molar-refractivity contribution is 6.39. The van der Waals surface area contributed by atoms with E-state index in [9.17, 15) is 10.1 Å². The highest BCUT2D eigenvalue weighted by Gasteiger charge is 2.16. The molecule has 0 aliphatic heterocycles. The summed E-state index contributed by atoms with van der Waals surface area (Å²) in [5.74, 6) is 0. The second-order valence-electron chi connectivity index (χ2n) is 3.00. The van der Waals surface area contributed by atoms with Gasteiger partial charge in [0.2, 0.25) is 0 Å². The highest BCUT2D eigenvalue weighted by Crippen LogP contribution is 2.32. The van der Waals surface area contributed by atoms with Gasteiger partial charge in [0.1, 0.15) is 0 Å². The Kier molecular flexibility index (Phi) is 2.28. The molecule has 0 N–H and O–H groups in total. The maximum atomic E-state index is 10.6. The van der Waals surface area contributed by atoms with Crippen molar-refractivity contribution in [1.82, 2.24) is 9.78 Å². The molecule has 0 bridgehead atoms. The lowest BCUT2D eigenvalue weighted by Gasteiger charge is -1.97. The van der Waals surface area contributed by atoms with Crippen LogP contribution in [0.3, 0.4) is 0 Å². The molecule has 0 atom stereocenters. The summed E-state index contributed by atoms with van der Waals surface area (Å²) in [6, 6.07) is 2.64. The molecule has 2 rings (SSSR count). The smallest absolute Gasteiger partial charge is 0.265 e. The molecule has 1 heterocycles. The number of non-ortho nitro benzene ring substituents is 1. The van der Waals surface area contributed by atoms with Crippen LogP contribution in [0.5, 0.6) is 0 Å². The third-order valence-electron chi connectivity index (χ3n) is 2.04. The second-order valence-corrected chi connectivity index (χ2v) is 3.76. The first kappa shape index (κ1) is 10.2. The summed E-state index contributed by atoms with van der Waals surface area (Å²) in [5.41, 5.74) is 0.495. The van der Waals surface area contributed by atoms with E-state index in [2.05, 4.69) is 5.10 Å². The van der Waals surface area contributed by atoms with Crippen molar-refractivity contribution in [2.24, 2.45) is 7.05 Å². The van der Waals surface area contributed by atoms with Gasteiger partial charge in [-0.15, -0.1) is 0 Å². The zero-order chi connectivity index (χ0) is 11.2. The Bertz CT molecular complexity index is 565. The van der Waals surface area contributed by atoms with Crippen LogP contribution in [-0.2, 0) is 7.05 Å². The predicted octanol–water partition coefficient (Wildman–Crippen LogP) is 2.79. The van der Waals surface area contributed by atoms with Gasteiger partial charge < -0.3 is 0 Å². The molecular formula is C8H5Cl2N3O2. The van der Waals surface area contributed by atoms with Crippen LogP contribution < -0.4 is 0 Å². The van der Waals surface area contributed by atoms with Crippen molar-refractivity contribution in [3.8, 4) is 0 Å². The lowest BCUT2D eigenvalue weighted by atomic mass is 10.2. The molecule has 0 saturated carbocycles. The number of rotatable bonds is 1. The maximum Gasteiger partial charge on any atom is 0.271 e. The first-order valence-electron chi connectivity index (χ1n) is 3.97. The Morgan fingerprint density at radius 2 is 2.13 bits per heavy atom. The Labute approximate surface area is 94.3 Å². The van der Waals surface area contributed by atoms with Gasteiger partial charge in [0.05, 0.1) is 15.5 Å². The SMILES string of the molecule is Cn1nc(Cl)c2cc([N+](=O)[O-])cc(Cl)c21. The van der Waals surface area contributed by atoms with Crippen LogP contribution in [0.15, 0.2) is 12.1 Å². The number of aryl methyl sites for hydroxylation is 1. The number of benzene rings is 1. The lowest BCUT2D eigenvalue weighted by Crippen LogP contribution is -1.91. The fourth-order valence-electron chi connectivity index (χ4n) is 1.41. The number of nitro benzene ring substituents is 1. The van der Waals surface area contributed by atoms with E-state index in [0.29, 0.717) is 10.9 Å². The van der Waals surface area contributed by atoms with Gasteiger partial charge in [-0.1, -0.05) is 23.2 Å². The summed E-state index contributed by atoms with van der Waals surface area (Å²) in [5, 5.41) is 15.5. The molecule has 0 spiro atoms. The summed E-state index contributed by atoms with van der Waals surface area (Å²) in [4.78, 5) is 10.1. The molecule has 0 aliphatic rings. The van der Waals surface area contributed by atoms with Crippen LogP contribution in [0.1, 0.15) is 0 Å². The highest BCUT2D eigenvalue weighted by atomic mass is 35.5. The molecule has 15 heavy (non-hydrogen) atoms. The van der Waals surface area contributed by atoms with Gasteiger partial charge in [0, 0.05) is 24.6 Å². The quantitative estimate of drug-likeness (QED) is 0.574. The van der Waals surface area contributed by atoms with E-state index in [1.807, 2.05) is 0 Å². The largest absolute Gasteiger partial charge is 0.271 e. The van der Waals surface area contributed by atoms with Gasteiger partial charge >= 0.3 is 0 Å². The molecule has 1 aromatic carbocycles. The van der Waals surface area contributed by atoms with Crippen LogP contribution in [0.2, 0.25) is 10.2 Å². The Morgan fingerprint density at radius 1 is 1.47 bits per heavy atom. The number of hydrogen-bond donors (Lipinski definition) is 0. The summed E-state index contributed by atoms with van der Waals surface area (Å²) >= 11 is 11.7. The predicted molar refractivity (Wildman–Crippen MR) is 57.4 cm³/mol. The average molecular weight is 246 g/mol. The molecule has 0 saturated heterocycles. The summed E-state index contributed by atoms with van der Waals surface area (Å²) in [6.07, 6.45) is 0. The maximum absolute atomic E-state index is 10.6. The van der Waals surface area contributed by atoms with E-state index in [-0.39, 0.29) is 15.9 Å². The molecule has 5 nitrogen and oxygen atoms in total. The normalized spacial score (nSPS) is 10.9. The zero-order valence-corrected chi connectivity index (χ0v) is 9.08. The number of nitro groups is 1. The fourth-order valence-corrected chi connectivity index (χ4v) is 2.01. The fraction of sp³-hybridized carbons (Fsp3) is 0.125. The van der Waals surface area contributed by atoms with E-state index in [4.69, 9.17) is 23.2 Å². The van der Waals surface area contributed by atoms with Gasteiger partial charge in [0.25, 0.3) is 5.69 Å². The zero-order valence-electron chi connectivity index (χ0n) is 7.57.